The number of benzene rings is 3. The largest absolute Gasteiger partial charge is 0.508 e. The number of aryl methyl sites for hydroxylation is 1. The van der Waals surface area contributed by atoms with Crippen LogP contribution in [0.15, 0.2) is 54.9 Å². The van der Waals surface area contributed by atoms with Gasteiger partial charge in [0.15, 0.2) is 11.6 Å². The molecule has 3 heterocycles. The molecule has 1 aliphatic heterocycles. The lowest BCUT2D eigenvalue weighted by Gasteiger charge is -2.38. The second-order valence-electron chi connectivity index (χ2n) is 9.75. The van der Waals surface area contributed by atoms with Gasteiger partial charge in [-0.3, -0.25) is 4.68 Å². The van der Waals surface area contributed by atoms with Gasteiger partial charge in [0.1, 0.15) is 17.1 Å². The molecule has 6 rings (SSSR count). The molecule has 194 valence electrons. The fourth-order valence-corrected chi connectivity index (χ4v) is 5.34. The fourth-order valence-electron chi connectivity index (χ4n) is 5.05. The van der Waals surface area contributed by atoms with Crippen molar-refractivity contribution in [1.82, 2.24) is 25.1 Å². The summed E-state index contributed by atoms with van der Waals surface area (Å²) in [6, 6.07) is 12.6. The van der Waals surface area contributed by atoms with E-state index in [2.05, 4.69) is 34.1 Å². The number of nitrogens with zero attached hydrogens (tertiary/aromatic N) is 5. The highest BCUT2D eigenvalue weighted by Crippen LogP contribution is 2.43. The maximum absolute atomic E-state index is 16.6. The van der Waals surface area contributed by atoms with Crippen molar-refractivity contribution in [3.8, 4) is 28.6 Å². The van der Waals surface area contributed by atoms with Gasteiger partial charge in [0.25, 0.3) is 0 Å². The normalized spacial score (nSPS) is 17.9. The zero-order chi connectivity index (χ0) is 26.6. The second kappa shape index (κ2) is 9.41. The summed E-state index contributed by atoms with van der Waals surface area (Å²) in [5.41, 5.74) is 0.716. The molecule has 1 aliphatic rings. The van der Waals surface area contributed by atoms with E-state index in [4.69, 9.17) is 21.3 Å². The summed E-state index contributed by atoms with van der Waals surface area (Å²) in [7, 11) is 1.77. The van der Waals surface area contributed by atoms with E-state index in [1.807, 2.05) is 24.3 Å². The number of fused-ring (bicyclic) bond motifs is 2. The number of phenols is 1. The molecule has 38 heavy (non-hydrogen) atoms. The lowest BCUT2D eigenvalue weighted by atomic mass is 9.96. The third-order valence-electron chi connectivity index (χ3n) is 6.88. The minimum atomic E-state index is -0.612. The van der Waals surface area contributed by atoms with Crippen LogP contribution in [0, 0.1) is 5.82 Å². The van der Waals surface area contributed by atoms with E-state index in [9.17, 15) is 5.11 Å². The number of piperazine rings is 1. The van der Waals surface area contributed by atoms with Crippen LogP contribution in [0.25, 0.3) is 32.8 Å². The van der Waals surface area contributed by atoms with Crippen molar-refractivity contribution < 1.29 is 14.2 Å². The first-order valence-electron chi connectivity index (χ1n) is 12.4. The maximum Gasteiger partial charge on any atom is 0.324 e. The summed E-state index contributed by atoms with van der Waals surface area (Å²) in [6.07, 6.45) is 3.23. The fraction of sp³-hybridized carbons (Fsp3) is 0.250. The molecule has 0 aliphatic carbocycles. The number of aromatic nitrogens is 4. The van der Waals surface area contributed by atoms with E-state index in [-0.39, 0.29) is 39.9 Å². The summed E-state index contributed by atoms with van der Waals surface area (Å²) in [4.78, 5) is 11.4. The van der Waals surface area contributed by atoms with Crippen molar-refractivity contribution in [2.24, 2.45) is 7.05 Å². The average Bonchev–Trinajstić information content (AvgIpc) is 3.29. The lowest BCUT2D eigenvalue weighted by molar-refractivity contribution is 0.416. The van der Waals surface area contributed by atoms with Gasteiger partial charge in [-0.05, 0) is 48.4 Å². The molecule has 0 unspecified atom stereocenters. The average molecular weight is 533 g/mol. The highest BCUT2D eigenvalue weighted by molar-refractivity contribution is 6.35. The maximum atomic E-state index is 16.6. The molecule has 0 spiro atoms. The highest BCUT2D eigenvalue weighted by Gasteiger charge is 2.29. The van der Waals surface area contributed by atoms with Crippen LogP contribution in [-0.4, -0.2) is 50.0 Å². The van der Waals surface area contributed by atoms with E-state index in [0.29, 0.717) is 29.1 Å². The summed E-state index contributed by atoms with van der Waals surface area (Å²) >= 11 is 6.79. The Bertz CT molecular complexity index is 1690. The summed E-state index contributed by atoms with van der Waals surface area (Å²) < 4.78 is 24.1. The summed E-state index contributed by atoms with van der Waals surface area (Å²) in [5.74, 6) is 0.386. The molecule has 0 bridgehead atoms. The molecule has 10 heteroatoms. The van der Waals surface area contributed by atoms with Crippen LogP contribution in [0.4, 0.5) is 10.2 Å². The third kappa shape index (κ3) is 4.27. The van der Waals surface area contributed by atoms with Gasteiger partial charge in [-0.25, -0.2) is 4.39 Å². The van der Waals surface area contributed by atoms with Gasteiger partial charge in [0.2, 0.25) is 0 Å². The lowest BCUT2D eigenvalue weighted by Crippen LogP contribution is -2.54. The summed E-state index contributed by atoms with van der Waals surface area (Å²) in [5, 5.41) is 20.2. The first-order chi connectivity index (χ1) is 18.3. The number of rotatable bonds is 4. The molecular formula is C28H26ClFN6O2. The van der Waals surface area contributed by atoms with Crippen LogP contribution in [0.2, 0.25) is 5.02 Å². The van der Waals surface area contributed by atoms with Crippen LogP contribution in [0.3, 0.4) is 0 Å². The molecule has 5 aromatic rings. The number of hydrogen-bond donors (Lipinski definition) is 2. The van der Waals surface area contributed by atoms with Crippen molar-refractivity contribution in [2.45, 2.75) is 25.9 Å². The number of halogens is 2. The Morgan fingerprint density at radius 3 is 2.74 bits per heavy atom. The first-order valence-corrected chi connectivity index (χ1v) is 12.7. The zero-order valence-corrected chi connectivity index (χ0v) is 21.9. The molecule has 2 aromatic heterocycles. The van der Waals surface area contributed by atoms with Crippen molar-refractivity contribution in [1.29, 1.82) is 0 Å². The number of aromatic hydroxyl groups is 1. The standard InChI is InChI=1S/C28H26ClFN6O2/c1-15-13-36(16(2)11-31-15)27-22-10-23(29)24(21-9-18(37)8-17-6-4-5-7-20(17)21)25(30)26(22)33-28(34-27)38-19-12-32-35(3)14-19/h4-10,12,14-16,31,37H,11,13H2,1-3H3/t15-,16+/m1/s1. The molecule has 0 saturated carbocycles. The minimum Gasteiger partial charge on any atom is -0.508 e. The Morgan fingerprint density at radius 2 is 1.95 bits per heavy atom. The molecule has 0 amide bonds. The van der Waals surface area contributed by atoms with Crippen molar-refractivity contribution in [3.05, 3.63) is 65.7 Å². The smallest absolute Gasteiger partial charge is 0.324 e. The Hall–Kier alpha value is -3.95. The Morgan fingerprint density at radius 1 is 1.13 bits per heavy atom. The van der Waals surface area contributed by atoms with Gasteiger partial charge in [-0.2, -0.15) is 15.1 Å². The quantitative estimate of drug-likeness (QED) is 0.309. The summed E-state index contributed by atoms with van der Waals surface area (Å²) in [6.45, 7) is 5.58. The number of phenolic OH excluding ortho intramolecular Hbond substituents is 1. The molecular weight excluding hydrogens is 507 g/mol. The zero-order valence-electron chi connectivity index (χ0n) is 21.1. The van der Waals surface area contributed by atoms with E-state index in [1.54, 1.807) is 36.3 Å². The van der Waals surface area contributed by atoms with Crippen LogP contribution < -0.4 is 15.0 Å². The van der Waals surface area contributed by atoms with Crippen molar-refractivity contribution in [3.63, 3.8) is 0 Å². The Balaban J connectivity index is 1.61. The van der Waals surface area contributed by atoms with Crippen LogP contribution in [-0.2, 0) is 7.05 Å². The first kappa shape index (κ1) is 24.4. The Labute approximate surface area is 223 Å². The predicted octanol–water partition coefficient (Wildman–Crippen LogP) is 5.66. The van der Waals surface area contributed by atoms with E-state index in [0.717, 1.165) is 17.3 Å². The van der Waals surface area contributed by atoms with Gasteiger partial charge in [-0.1, -0.05) is 35.9 Å². The minimum absolute atomic E-state index is 0.00632. The van der Waals surface area contributed by atoms with Crippen LogP contribution in [0.5, 0.6) is 17.5 Å². The van der Waals surface area contributed by atoms with Gasteiger partial charge in [0, 0.05) is 43.2 Å². The molecule has 3 aromatic carbocycles. The van der Waals surface area contributed by atoms with Crippen molar-refractivity contribution >= 4 is 39.1 Å². The van der Waals surface area contributed by atoms with E-state index in [1.165, 1.54) is 6.07 Å². The van der Waals surface area contributed by atoms with Gasteiger partial charge in [-0.15, -0.1) is 0 Å². The molecule has 2 atom stereocenters. The molecule has 0 radical (unpaired) electrons. The monoisotopic (exact) mass is 532 g/mol. The van der Waals surface area contributed by atoms with E-state index < -0.39 is 5.82 Å². The van der Waals surface area contributed by atoms with Crippen LogP contribution >= 0.6 is 11.6 Å². The molecule has 2 N–H and O–H groups in total. The number of anilines is 1. The molecule has 1 saturated heterocycles. The third-order valence-corrected chi connectivity index (χ3v) is 7.18. The predicted molar refractivity (Wildman–Crippen MR) is 147 cm³/mol. The number of ether oxygens (including phenoxy) is 1. The Kier molecular flexibility index (Phi) is 6.04. The molecule has 8 nitrogen and oxygen atoms in total. The van der Waals surface area contributed by atoms with Crippen LogP contribution in [0.1, 0.15) is 13.8 Å². The highest BCUT2D eigenvalue weighted by atomic mass is 35.5. The SMILES string of the molecule is C[C@@H]1CN(c2nc(Oc3cnn(C)c3)nc3c(F)c(-c4cc(O)cc5ccccc45)c(Cl)cc23)[C@@H](C)CN1. The van der Waals surface area contributed by atoms with Gasteiger partial charge in [0.05, 0.1) is 17.4 Å². The van der Waals surface area contributed by atoms with Gasteiger partial charge < -0.3 is 20.1 Å². The topological polar surface area (TPSA) is 88.3 Å². The molecule has 1 fully saturated rings. The number of nitrogens with one attached hydrogen (secondary N) is 1. The van der Waals surface area contributed by atoms with Crippen molar-refractivity contribution in [2.75, 3.05) is 18.0 Å². The van der Waals surface area contributed by atoms with Gasteiger partial charge >= 0.3 is 6.01 Å². The van der Waals surface area contributed by atoms with E-state index >= 15 is 4.39 Å². The number of hydrogen-bond acceptors (Lipinski definition) is 7. The second-order valence-corrected chi connectivity index (χ2v) is 10.2.